The Morgan fingerprint density at radius 2 is 1.68 bits per heavy atom. The Bertz CT molecular complexity index is 1400. The highest BCUT2D eigenvalue weighted by molar-refractivity contribution is 5.84. The first-order valence-electron chi connectivity index (χ1n) is 9.54. The van der Waals surface area contributed by atoms with Crippen molar-refractivity contribution < 1.29 is 4.79 Å². The fourth-order valence-corrected chi connectivity index (χ4v) is 3.28. The normalized spacial score (nSPS) is 11.3. The molecule has 2 aromatic heterocycles. The molecule has 0 aliphatic carbocycles. The number of hydrogen-bond acceptors (Lipinski definition) is 5. The van der Waals surface area contributed by atoms with Crippen LogP contribution in [-0.2, 0) is 25.4 Å². The SMILES string of the molecule is Cn1c(=O)c2c(ncn2CC(=O)N/N=C\c2ccc(-c3ccccc3)cc2)n(C)c1=O. The summed E-state index contributed by atoms with van der Waals surface area (Å²) in [6, 6.07) is 17.8. The molecule has 1 N–H and O–H groups in total. The zero-order valence-electron chi connectivity index (χ0n) is 17.0. The lowest BCUT2D eigenvalue weighted by Crippen LogP contribution is -2.38. The van der Waals surface area contributed by atoms with Crippen LogP contribution in [0.1, 0.15) is 5.56 Å². The predicted molar refractivity (Wildman–Crippen MR) is 118 cm³/mol. The van der Waals surface area contributed by atoms with Gasteiger partial charge in [0.15, 0.2) is 11.2 Å². The smallest absolute Gasteiger partial charge is 0.315 e. The number of hydrogen-bond donors (Lipinski definition) is 1. The van der Waals surface area contributed by atoms with Crippen LogP contribution in [-0.4, -0.2) is 30.8 Å². The molecule has 9 nitrogen and oxygen atoms in total. The van der Waals surface area contributed by atoms with Crippen molar-refractivity contribution in [3.05, 3.63) is 87.3 Å². The first-order chi connectivity index (χ1) is 15.0. The standard InChI is InChI=1S/C22H20N6O3/c1-26-20-19(21(30)27(2)22(26)31)28(14-23-20)13-18(29)25-24-12-15-8-10-17(11-9-15)16-6-4-3-5-7-16/h3-12,14H,13H2,1-2H3,(H,25,29)/b24-12-. The Labute approximate surface area is 176 Å². The predicted octanol–water partition coefficient (Wildman–Crippen LogP) is 1.25. The van der Waals surface area contributed by atoms with Gasteiger partial charge in [0.25, 0.3) is 11.5 Å². The summed E-state index contributed by atoms with van der Waals surface area (Å²) in [5.74, 6) is -0.424. The molecule has 1 amide bonds. The summed E-state index contributed by atoms with van der Waals surface area (Å²) in [7, 11) is 2.91. The summed E-state index contributed by atoms with van der Waals surface area (Å²) in [4.78, 5) is 40.8. The molecule has 0 aliphatic rings. The minimum absolute atomic E-state index is 0.159. The lowest BCUT2D eigenvalue weighted by Gasteiger charge is -2.06. The van der Waals surface area contributed by atoms with E-state index in [1.165, 1.54) is 29.6 Å². The minimum atomic E-state index is -0.509. The van der Waals surface area contributed by atoms with Crippen LogP contribution in [0.3, 0.4) is 0 Å². The van der Waals surface area contributed by atoms with E-state index in [9.17, 15) is 14.4 Å². The Hall–Kier alpha value is -4.27. The van der Waals surface area contributed by atoms with Gasteiger partial charge < -0.3 is 4.57 Å². The van der Waals surface area contributed by atoms with Gasteiger partial charge >= 0.3 is 5.69 Å². The van der Waals surface area contributed by atoms with Gasteiger partial charge in [-0.05, 0) is 16.7 Å². The summed E-state index contributed by atoms with van der Waals surface area (Å²) in [5, 5.41) is 3.98. The highest BCUT2D eigenvalue weighted by Crippen LogP contribution is 2.18. The highest BCUT2D eigenvalue weighted by Gasteiger charge is 2.15. The molecule has 4 rings (SSSR count). The van der Waals surface area contributed by atoms with Crippen LogP contribution in [0.15, 0.2) is 75.6 Å². The monoisotopic (exact) mass is 416 g/mol. The molecule has 0 fully saturated rings. The lowest BCUT2D eigenvalue weighted by atomic mass is 10.0. The van der Waals surface area contributed by atoms with Crippen LogP contribution in [0.25, 0.3) is 22.3 Å². The molecule has 2 heterocycles. The van der Waals surface area contributed by atoms with Gasteiger partial charge in [0.05, 0.1) is 12.5 Å². The van der Waals surface area contributed by atoms with Gasteiger partial charge in [-0.2, -0.15) is 5.10 Å². The van der Waals surface area contributed by atoms with Crippen molar-refractivity contribution in [3.8, 4) is 11.1 Å². The topological polar surface area (TPSA) is 103 Å². The van der Waals surface area contributed by atoms with E-state index >= 15 is 0 Å². The van der Waals surface area contributed by atoms with E-state index in [0.29, 0.717) is 0 Å². The summed E-state index contributed by atoms with van der Waals surface area (Å²) in [6.07, 6.45) is 2.90. The molecule has 0 spiro atoms. The molecule has 0 saturated heterocycles. The third-order valence-electron chi connectivity index (χ3n) is 4.95. The molecular formula is C22H20N6O3. The van der Waals surface area contributed by atoms with Gasteiger partial charge in [-0.25, -0.2) is 15.2 Å². The fraction of sp³-hybridized carbons (Fsp3) is 0.136. The Morgan fingerprint density at radius 1 is 1.00 bits per heavy atom. The summed E-state index contributed by atoms with van der Waals surface area (Å²) in [5.41, 5.74) is 4.90. The molecule has 0 bridgehead atoms. The average Bonchev–Trinajstić information content (AvgIpc) is 3.21. The van der Waals surface area contributed by atoms with Crippen molar-refractivity contribution in [1.82, 2.24) is 24.1 Å². The van der Waals surface area contributed by atoms with Gasteiger partial charge in [0, 0.05) is 14.1 Å². The number of benzene rings is 2. The summed E-state index contributed by atoms with van der Waals surface area (Å²) in [6.45, 7) is -0.159. The van der Waals surface area contributed by atoms with E-state index in [4.69, 9.17) is 0 Å². The highest BCUT2D eigenvalue weighted by atomic mass is 16.2. The van der Waals surface area contributed by atoms with Crippen LogP contribution < -0.4 is 16.7 Å². The van der Waals surface area contributed by atoms with Crippen LogP contribution in [0.5, 0.6) is 0 Å². The molecule has 156 valence electrons. The largest absolute Gasteiger partial charge is 0.332 e. The zero-order valence-corrected chi connectivity index (χ0v) is 17.0. The number of nitrogens with one attached hydrogen (secondary N) is 1. The summed E-state index contributed by atoms with van der Waals surface area (Å²) < 4.78 is 3.65. The molecular weight excluding hydrogens is 396 g/mol. The number of aryl methyl sites for hydroxylation is 1. The number of carbonyl (C=O) groups excluding carboxylic acids is 1. The maximum absolute atomic E-state index is 12.4. The third kappa shape index (κ3) is 3.93. The Kier molecular flexibility index (Phi) is 5.31. The second-order valence-electron chi connectivity index (χ2n) is 7.03. The average molecular weight is 416 g/mol. The molecule has 9 heteroatoms. The third-order valence-corrected chi connectivity index (χ3v) is 4.95. The van der Waals surface area contributed by atoms with Gasteiger partial charge in [0.1, 0.15) is 6.54 Å². The van der Waals surface area contributed by atoms with E-state index < -0.39 is 17.2 Å². The molecule has 31 heavy (non-hydrogen) atoms. The van der Waals surface area contributed by atoms with E-state index in [1.54, 1.807) is 6.21 Å². The quantitative estimate of drug-likeness (QED) is 0.391. The van der Waals surface area contributed by atoms with E-state index in [2.05, 4.69) is 15.5 Å². The van der Waals surface area contributed by atoms with Crippen molar-refractivity contribution in [2.75, 3.05) is 0 Å². The minimum Gasteiger partial charge on any atom is -0.315 e. The Morgan fingerprint density at radius 3 is 2.39 bits per heavy atom. The molecule has 0 unspecified atom stereocenters. The van der Waals surface area contributed by atoms with E-state index in [1.807, 2.05) is 54.6 Å². The van der Waals surface area contributed by atoms with Crippen LogP contribution >= 0.6 is 0 Å². The molecule has 0 atom stereocenters. The van der Waals surface area contributed by atoms with E-state index in [-0.39, 0.29) is 17.7 Å². The first kappa shape index (κ1) is 20.0. The van der Waals surface area contributed by atoms with Crippen molar-refractivity contribution in [2.24, 2.45) is 19.2 Å². The van der Waals surface area contributed by atoms with Gasteiger partial charge in [-0.1, -0.05) is 54.6 Å². The van der Waals surface area contributed by atoms with Gasteiger partial charge in [-0.3, -0.25) is 18.7 Å². The van der Waals surface area contributed by atoms with E-state index in [0.717, 1.165) is 21.3 Å². The second-order valence-corrected chi connectivity index (χ2v) is 7.03. The van der Waals surface area contributed by atoms with Gasteiger partial charge in [-0.15, -0.1) is 0 Å². The number of hydrazone groups is 1. The van der Waals surface area contributed by atoms with Crippen molar-refractivity contribution in [3.63, 3.8) is 0 Å². The number of aromatic nitrogens is 4. The Balaban J connectivity index is 1.45. The second kappa shape index (κ2) is 8.23. The maximum Gasteiger partial charge on any atom is 0.332 e. The lowest BCUT2D eigenvalue weighted by molar-refractivity contribution is -0.121. The molecule has 0 saturated carbocycles. The molecule has 4 aromatic rings. The van der Waals surface area contributed by atoms with Crippen molar-refractivity contribution in [2.45, 2.75) is 6.54 Å². The number of fused-ring (bicyclic) bond motifs is 1. The maximum atomic E-state index is 12.4. The number of carbonyl (C=O) groups is 1. The van der Waals surface area contributed by atoms with Crippen LogP contribution in [0.4, 0.5) is 0 Å². The number of imidazole rings is 1. The number of nitrogens with zero attached hydrogens (tertiary/aromatic N) is 5. The fourth-order valence-electron chi connectivity index (χ4n) is 3.28. The first-order valence-corrected chi connectivity index (χ1v) is 9.54. The summed E-state index contributed by atoms with van der Waals surface area (Å²) >= 11 is 0. The van der Waals surface area contributed by atoms with Crippen LogP contribution in [0, 0.1) is 0 Å². The molecule has 0 radical (unpaired) electrons. The number of rotatable bonds is 5. The molecule has 2 aromatic carbocycles. The van der Waals surface area contributed by atoms with Gasteiger partial charge in [0.2, 0.25) is 0 Å². The van der Waals surface area contributed by atoms with Crippen molar-refractivity contribution >= 4 is 23.3 Å². The van der Waals surface area contributed by atoms with Crippen LogP contribution in [0.2, 0.25) is 0 Å². The zero-order chi connectivity index (χ0) is 22.0. The number of amides is 1. The van der Waals surface area contributed by atoms with Crippen molar-refractivity contribution in [1.29, 1.82) is 0 Å². The molecule has 0 aliphatic heterocycles.